The molecule has 4 aliphatic rings. The van der Waals surface area contributed by atoms with E-state index in [-0.39, 0.29) is 35.3 Å². The first-order chi connectivity index (χ1) is 19.8. The van der Waals surface area contributed by atoms with Gasteiger partial charge in [-0.25, -0.2) is 4.90 Å². The fourth-order valence-corrected chi connectivity index (χ4v) is 8.20. The summed E-state index contributed by atoms with van der Waals surface area (Å²) < 4.78 is 0. The van der Waals surface area contributed by atoms with Crippen LogP contribution in [0.4, 0.5) is 5.69 Å². The number of anilines is 1. The van der Waals surface area contributed by atoms with Gasteiger partial charge in [-0.3, -0.25) is 24.1 Å². The van der Waals surface area contributed by atoms with Gasteiger partial charge in [-0.05, 0) is 49.6 Å². The van der Waals surface area contributed by atoms with Crippen molar-refractivity contribution in [3.63, 3.8) is 0 Å². The summed E-state index contributed by atoms with van der Waals surface area (Å²) in [6, 6.07) is 20.3. The molecule has 41 heavy (non-hydrogen) atoms. The van der Waals surface area contributed by atoms with Crippen molar-refractivity contribution in [3.8, 4) is 5.75 Å². The number of benzene rings is 3. The molecule has 1 saturated carbocycles. The van der Waals surface area contributed by atoms with E-state index in [0.717, 1.165) is 11.0 Å². The standard InChI is InChI=1S/C34H32N2O5/c1-3-17-35-30(38)23-16-15-22-25(27(23)32(35)40)18-26-31(39)36(20-10-5-4-6-11-20)33(41)34(26,2)28(22)24-14-13-19-9-7-8-12-21(19)29(24)37/h4-15,23,25-28,37H,3,16-18H2,1-2H3/t23-,25+,26-,27-,28+,34+/m0/s1. The molecule has 2 saturated heterocycles. The number of para-hydroxylation sites is 1. The number of hydrogen-bond acceptors (Lipinski definition) is 5. The van der Waals surface area contributed by atoms with E-state index in [1.807, 2.05) is 62.4 Å². The number of aromatic hydroxyl groups is 1. The van der Waals surface area contributed by atoms with E-state index < -0.39 is 29.1 Å². The Morgan fingerprint density at radius 1 is 0.878 bits per heavy atom. The first kappa shape index (κ1) is 25.7. The van der Waals surface area contributed by atoms with Crippen LogP contribution in [0, 0.1) is 29.1 Å². The lowest BCUT2D eigenvalue weighted by atomic mass is 9.51. The van der Waals surface area contributed by atoms with Gasteiger partial charge in [0.15, 0.2) is 0 Å². The average molecular weight is 549 g/mol. The quantitative estimate of drug-likeness (QED) is 0.358. The third-order valence-corrected chi connectivity index (χ3v) is 10.1. The van der Waals surface area contributed by atoms with Crippen molar-refractivity contribution in [1.82, 2.24) is 4.90 Å². The molecule has 2 aliphatic heterocycles. The highest BCUT2D eigenvalue weighted by atomic mass is 16.3. The number of imide groups is 2. The van der Waals surface area contributed by atoms with Crippen LogP contribution in [0.1, 0.15) is 44.6 Å². The van der Waals surface area contributed by atoms with E-state index in [2.05, 4.69) is 0 Å². The number of phenolic OH excluding ortho intramolecular Hbond substituents is 1. The molecule has 7 nitrogen and oxygen atoms in total. The van der Waals surface area contributed by atoms with Crippen LogP contribution in [-0.4, -0.2) is 40.2 Å². The summed E-state index contributed by atoms with van der Waals surface area (Å²) in [5.41, 5.74) is 0.780. The summed E-state index contributed by atoms with van der Waals surface area (Å²) in [6.45, 7) is 4.16. The Bertz CT molecular complexity index is 1660. The second kappa shape index (κ2) is 9.13. The number of allylic oxidation sites excluding steroid dienone is 2. The van der Waals surface area contributed by atoms with E-state index in [0.29, 0.717) is 42.4 Å². The van der Waals surface area contributed by atoms with E-state index in [1.165, 1.54) is 9.80 Å². The number of hydrogen-bond donors (Lipinski definition) is 1. The molecule has 0 spiro atoms. The maximum absolute atomic E-state index is 14.5. The van der Waals surface area contributed by atoms with Gasteiger partial charge in [0.1, 0.15) is 5.75 Å². The van der Waals surface area contributed by atoms with Crippen molar-refractivity contribution >= 4 is 40.1 Å². The van der Waals surface area contributed by atoms with Gasteiger partial charge >= 0.3 is 0 Å². The van der Waals surface area contributed by atoms with Gasteiger partial charge in [0.05, 0.1) is 28.9 Å². The molecule has 3 aromatic rings. The zero-order valence-corrected chi connectivity index (χ0v) is 23.1. The number of amides is 4. The fraction of sp³-hybridized carbons (Fsp3) is 0.353. The van der Waals surface area contributed by atoms with Crippen LogP contribution >= 0.6 is 0 Å². The molecule has 7 rings (SSSR count). The Kier molecular flexibility index (Phi) is 5.72. The van der Waals surface area contributed by atoms with Gasteiger partial charge < -0.3 is 5.11 Å². The van der Waals surface area contributed by atoms with Gasteiger partial charge in [-0.1, -0.05) is 73.2 Å². The largest absolute Gasteiger partial charge is 0.507 e. The summed E-state index contributed by atoms with van der Waals surface area (Å²) in [7, 11) is 0. The lowest BCUT2D eigenvalue weighted by molar-refractivity contribution is -0.140. The number of phenols is 1. The Balaban J connectivity index is 1.43. The number of fused-ring (bicyclic) bond motifs is 5. The maximum Gasteiger partial charge on any atom is 0.241 e. The molecule has 0 radical (unpaired) electrons. The molecule has 7 heteroatoms. The van der Waals surface area contributed by atoms with Crippen molar-refractivity contribution in [1.29, 1.82) is 0 Å². The second-order valence-electron chi connectivity index (χ2n) is 12.0. The third kappa shape index (κ3) is 3.38. The number of nitrogens with zero attached hydrogens (tertiary/aromatic N) is 2. The Hall–Kier alpha value is -4.26. The second-order valence-corrected chi connectivity index (χ2v) is 12.0. The summed E-state index contributed by atoms with van der Waals surface area (Å²) in [5, 5.41) is 13.2. The van der Waals surface area contributed by atoms with Crippen molar-refractivity contribution < 1.29 is 24.3 Å². The van der Waals surface area contributed by atoms with Crippen LogP contribution in [0.15, 0.2) is 78.4 Å². The van der Waals surface area contributed by atoms with Crippen molar-refractivity contribution in [2.75, 3.05) is 11.4 Å². The maximum atomic E-state index is 14.5. The Morgan fingerprint density at radius 3 is 2.37 bits per heavy atom. The third-order valence-electron chi connectivity index (χ3n) is 10.1. The van der Waals surface area contributed by atoms with Crippen molar-refractivity contribution in [2.45, 2.75) is 39.0 Å². The van der Waals surface area contributed by atoms with Gasteiger partial charge in [0, 0.05) is 23.4 Å². The number of likely N-dealkylation sites (tertiary alicyclic amines) is 1. The molecule has 2 aliphatic carbocycles. The Labute approximate surface area is 238 Å². The van der Waals surface area contributed by atoms with E-state index >= 15 is 0 Å². The molecule has 1 N–H and O–H groups in total. The lowest BCUT2D eigenvalue weighted by Gasteiger charge is -2.49. The molecular weight excluding hydrogens is 516 g/mol. The van der Waals surface area contributed by atoms with Crippen LogP contribution in [-0.2, 0) is 19.2 Å². The highest BCUT2D eigenvalue weighted by Crippen LogP contribution is 2.64. The first-order valence-corrected chi connectivity index (χ1v) is 14.5. The first-order valence-electron chi connectivity index (χ1n) is 14.5. The zero-order valence-electron chi connectivity index (χ0n) is 23.1. The highest BCUT2D eigenvalue weighted by molar-refractivity contribution is 6.24. The zero-order chi connectivity index (χ0) is 28.6. The fourth-order valence-electron chi connectivity index (χ4n) is 8.20. The lowest BCUT2D eigenvalue weighted by Crippen LogP contribution is -2.48. The molecule has 0 aromatic heterocycles. The number of rotatable bonds is 4. The van der Waals surface area contributed by atoms with E-state index in [9.17, 15) is 24.3 Å². The molecule has 2 heterocycles. The summed E-state index contributed by atoms with van der Waals surface area (Å²) >= 11 is 0. The van der Waals surface area contributed by atoms with Crippen LogP contribution < -0.4 is 4.90 Å². The minimum atomic E-state index is -1.18. The predicted molar refractivity (Wildman–Crippen MR) is 154 cm³/mol. The predicted octanol–water partition coefficient (Wildman–Crippen LogP) is 5.19. The number of carbonyl (C=O) groups is 4. The molecule has 208 valence electrons. The van der Waals surface area contributed by atoms with E-state index in [4.69, 9.17) is 0 Å². The smallest absolute Gasteiger partial charge is 0.241 e. The molecule has 3 aromatic carbocycles. The summed E-state index contributed by atoms with van der Waals surface area (Å²) in [5.74, 6) is -3.61. The van der Waals surface area contributed by atoms with Gasteiger partial charge in [0.2, 0.25) is 23.6 Å². The van der Waals surface area contributed by atoms with Gasteiger partial charge in [-0.2, -0.15) is 0 Å². The van der Waals surface area contributed by atoms with Crippen LogP contribution in [0.5, 0.6) is 5.75 Å². The van der Waals surface area contributed by atoms with Crippen LogP contribution in [0.3, 0.4) is 0 Å². The molecule has 3 fully saturated rings. The van der Waals surface area contributed by atoms with Crippen LogP contribution in [0.2, 0.25) is 0 Å². The Morgan fingerprint density at radius 2 is 1.61 bits per heavy atom. The topological polar surface area (TPSA) is 95.0 Å². The van der Waals surface area contributed by atoms with E-state index in [1.54, 1.807) is 24.3 Å². The average Bonchev–Trinajstić information content (AvgIpc) is 3.34. The molecule has 0 bridgehead atoms. The van der Waals surface area contributed by atoms with Crippen LogP contribution in [0.25, 0.3) is 10.8 Å². The van der Waals surface area contributed by atoms with Crippen molar-refractivity contribution in [2.24, 2.45) is 29.1 Å². The highest BCUT2D eigenvalue weighted by Gasteiger charge is 2.67. The molecule has 6 atom stereocenters. The minimum Gasteiger partial charge on any atom is -0.507 e. The minimum absolute atomic E-state index is 0.0802. The van der Waals surface area contributed by atoms with Gasteiger partial charge in [-0.15, -0.1) is 0 Å². The molecule has 4 amide bonds. The SMILES string of the molecule is CCCN1C(=O)[C@H]2[C@H](CC=C3[C@H]2C[C@H]2C(=O)N(c4ccccc4)C(=O)[C@@]2(C)[C@H]3c2ccc3ccccc3c2O)C1=O. The van der Waals surface area contributed by atoms with Gasteiger partial charge in [0.25, 0.3) is 0 Å². The summed E-state index contributed by atoms with van der Waals surface area (Å²) in [4.78, 5) is 58.4. The molecular formula is C34H32N2O5. The number of carbonyl (C=O) groups excluding carboxylic acids is 4. The normalized spacial score (nSPS) is 30.9. The monoisotopic (exact) mass is 548 g/mol. The summed E-state index contributed by atoms with van der Waals surface area (Å²) in [6.07, 6.45) is 3.41. The van der Waals surface area contributed by atoms with Crippen molar-refractivity contribution in [3.05, 3.63) is 83.9 Å². The molecule has 0 unspecified atom stereocenters.